The number of methoxy groups -OCH3 is 1. The van der Waals surface area contributed by atoms with Crippen LogP contribution in [-0.4, -0.2) is 27.7 Å². The summed E-state index contributed by atoms with van der Waals surface area (Å²) in [5.74, 6) is 0.192. The smallest absolute Gasteiger partial charge is 0.356 e. The van der Waals surface area contributed by atoms with Crippen molar-refractivity contribution in [1.82, 2.24) is 14.6 Å². The summed E-state index contributed by atoms with van der Waals surface area (Å²) < 4.78 is 6.24. The molecule has 0 unspecified atom stereocenters. The van der Waals surface area contributed by atoms with Crippen LogP contribution in [0.2, 0.25) is 5.02 Å². The Labute approximate surface area is 126 Å². The van der Waals surface area contributed by atoms with Gasteiger partial charge in [0.15, 0.2) is 17.2 Å². The van der Waals surface area contributed by atoms with Crippen LogP contribution in [0.4, 0.5) is 0 Å². The highest BCUT2D eigenvalue weighted by Crippen LogP contribution is 2.13. The average Bonchev–Trinajstić information content (AvgIpc) is 2.91. The van der Waals surface area contributed by atoms with Crippen molar-refractivity contribution in [2.75, 3.05) is 7.11 Å². The Kier molecular flexibility index (Phi) is 3.58. The topological polar surface area (TPSA) is 56.5 Å². The summed E-state index contributed by atoms with van der Waals surface area (Å²) in [4.78, 5) is 16.1. The third-order valence-electron chi connectivity index (χ3n) is 3.07. The molecular formula is C15H12ClN3O2. The van der Waals surface area contributed by atoms with E-state index >= 15 is 0 Å². The fraction of sp³-hybridized carbons (Fsp3) is 0.133. The number of nitrogens with zero attached hydrogens (tertiary/aromatic N) is 3. The minimum absolute atomic E-state index is 0.352. The van der Waals surface area contributed by atoms with Crippen LogP contribution in [0.1, 0.15) is 21.9 Å². The maximum Gasteiger partial charge on any atom is 0.356 e. The summed E-state index contributed by atoms with van der Waals surface area (Å²) in [6, 6.07) is 12.7. The molecule has 0 fully saturated rings. The van der Waals surface area contributed by atoms with Gasteiger partial charge in [0.25, 0.3) is 0 Å². The quantitative estimate of drug-likeness (QED) is 0.698. The zero-order valence-electron chi connectivity index (χ0n) is 11.3. The molecule has 0 radical (unpaired) electrons. The van der Waals surface area contributed by atoms with Gasteiger partial charge in [-0.25, -0.2) is 14.3 Å². The summed E-state index contributed by atoms with van der Waals surface area (Å²) in [6.07, 6.45) is 0.569. The SMILES string of the molecule is COC(=O)c1cccc2nc(Cc3ccc(Cl)cc3)nn12. The van der Waals surface area contributed by atoms with Crippen molar-refractivity contribution in [3.63, 3.8) is 0 Å². The number of hydrogen-bond donors (Lipinski definition) is 0. The predicted molar refractivity (Wildman–Crippen MR) is 78.6 cm³/mol. The number of ether oxygens (including phenoxy) is 1. The van der Waals surface area contributed by atoms with E-state index in [1.807, 2.05) is 24.3 Å². The van der Waals surface area contributed by atoms with Gasteiger partial charge in [-0.2, -0.15) is 5.10 Å². The van der Waals surface area contributed by atoms with Crippen LogP contribution in [0.5, 0.6) is 0 Å². The highest BCUT2D eigenvalue weighted by atomic mass is 35.5. The molecule has 0 aliphatic rings. The van der Waals surface area contributed by atoms with Crippen LogP contribution in [0, 0.1) is 0 Å². The second-order valence-corrected chi connectivity index (χ2v) is 4.94. The first-order valence-electron chi connectivity index (χ1n) is 6.35. The van der Waals surface area contributed by atoms with Gasteiger partial charge in [0.05, 0.1) is 7.11 Å². The van der Waals surface area contributed by atoms with Crippen LogP contribution in [-0.2, 0) is 11.2 Å². The van der Waals surface area contributed by atoms with Crippen LogP contribution in [0.25, 0.3) is 5.65 Å². The van der Waals surface area contributed by atoms with Gasteiger partial charge in [-0.05, 0) is 29.8 Å². The number of benzene rings is 1. The van der Waals surface area contributed by atoms with E-state index in [0.717, 1.165) is 5.56 Å². The normalized spacial score (nSPS) is 10.8. The van der Waals surface area contributed by atoms with E-state index in [4.69, 9.17) is 16.3 Å². The highest BCUT2D eigenvalue weighted by molar-refractivity contribution is 6.30. The third-order valence-corrected chi connectivity index (χ3v) is 3.33. The number of rotatable bonds is 3. The van der Waals surface area contributed by atoms with Crippen molar-refractivity contribution < 1.29 is 9.53 Å². The third kappa shape index (κ3) is 2.73. The van der Waals surface area contributed by atoms with E-state index in [9.17, 15) is 4.79 Å². The fourth-order valence-corrected chi connectivity index (χ4v) is 2.19. The Morgan fingerprint density at radius 3 is 2.71 bits per heavy atom. The first-order valence-corrected chi connectivity index (χ1v) is 6.72. The molecule has 0 atom stereocenters. The zero-order chi connectivity index (χ0) is 14.8. The van der Waals surface area contributed by atoms with Gasteiger partial charge in [0.2, 0.25) is 0 Å². The molecule has 3 rings (SSSR count). The molecule has 2 aromatic heterocycles. The van der Waals surface area contributed by atoms with Gasteiger partial charge in [0.1, 0.15) is 0 Å². The number of aromatic nitrogens is 3. The van der Waals surface area contributed by atoms with Gasteiger partial charge >= 0.3 is 5.97 Å². The standard InChI is InChI=1S/C15H12ClN3O2/c1-21-15(20)12-3-2-4-14-17-13(18-19(12)14)9-10-5-7-11(16)8-6-10/h2-8H,9H2,1H3. The van der Waals surface area contributed by atoms with Crippen molar-refractivity contribution in [2.45, 2.75) is 6.42 Å². The Bertz CT molecular complexity index is 796. The molecular weight excluding hydrogens is 290 g/mol. The maximum atomic E-state index is 11.7. The van der Waals surface area contributed by atoms with Crippen LogP contribution in [0.3, 0.4) is 0 Å². The zero-order valence-corrected chi connectivity index (χ0v) is 12.0. The molecule has 106 valence electrons. The first-order chi connectivity index (χ1) is 10.2. The molecule has 0 saturated heterocycles. The molecule has 3 aromatic rings. The van der Waals surface area contributed by atoms with Crippen LogP contribution in [0.15, 0.2) is 42.5 Å². The van der Waals surface area contributed by atoms with Gasteiger partial charge in [-0.3, -0.25) is 0 Å². The average molecular weight is 302 g/mol. The molecule has 5 nitrogen and oxygen atoms in total. The van der Waals surface area contributed by atoms with Crippen LogP contribution >= 0.6 is 11.6 Å². The lowest BCUT2D eigenvalue weighted by Gasteiger charge is -2.00. The summed E-state index contributed by atoms with van der Waals surface area (Å²) in [6.45, 7) is 0. The molecule has 21 heavy (non-hydrogen) atoms. The van der Waals surface area contributed by atoms with Crippen molar-refractivity contribution in [2.24, 2.45) is 0 Å². The highest BCUT2D eigenvalue weighted by Gasteiger charge is 2.13. The summed E-state index contributed by atoms with van der Waals surface area (Å²) in [5, 5.41) is 5.06. The second-order valence-electron chi connectivity index (χ2n) is 4.50. The minimum atomic E-state index is -0.441. The number of hydrogen-bond acceptors (Lipinski definition) is 4. The molecule has 6 heteroatoms. The predicted octanol–water partition coefficient (Wildman–Crippen LogP) is 2.76. The van der Waals surface area contributed by atoms with E-state index in [1.54, 1.807) is 18.2 Å². The van der Waals surface area contributed by atoms with Crippen molar-refractivity contribution >= 4 is 23.2 Å². The second kappa shape index (κ2) is 5.54. The van der Waals surface area contributed by atoms with Gasteiger partial charge in [-0.1, -0.05) is 29.8 Å². The molecule has 0 aliphatic carbocycles. The Hall–Kier alpha value is -2.40. The molecule has 0 N–H and O–H groups in total. The number of esters is 1. The molecule has 0 amide bonds. The van der Waals surface area contributed by atoms with E-state index in [-0.39, 0.29) is 0 Å². The summed E-state index contributed by atoms with van der Waals surface area (Å²) in [7, 11) is 1.34. The lowest BCUT2D eigenvalue weighted by atomic mass is 10.1. The number of carbonyl (C=O) groups is 1. The Morgan fingerprint density at radius 1 is 1.24 bits per heavy atom. The van der Waals surface area contributed by atoms with E-state index in [0.29, 0.717) is 28.6 Å². The van der Waals surface area contributed by atoms with Crippen LogP contribution < -0.4 is 0 Å². The van der Waals surface area contributed by atoms with E-state index < -0.39 is 5.97 Å². The van der Waals surface area contributed by atoms with Gasteiger partial charge in [0, 0.05) is 11.4 Å². The van der Waals surface area contributed by atoms with Crippen molar-refractivity contribution in [3.8, 4) is 0 Å². The van der Waals surface area contributed by atoms with E-state index in [2.05, 4.69) is 10.1 Å². The fourth-order valence-electron chi connectivity index (χ4n) is 2.07. The molecule has 0 spiro atoms. The molecule has 1 aromatic carbocycles. The van der Waals surface area contributed by atoms with Gasteiger partial charge in [-0.15, -0.1) is 0 Å². The minimum Gasteiger partial charge on any atom is -0.464 e. The molecule has 0 bridgehead atoms. The first kappa shape index (κ1) is 13.6. The molecule has 2 heterocycles. The lowest BCUT2D eigenvalue weighted by Crippen LogP contribution is -2.08. The van der Waals surface area contributed by atoms with E-state index in [1.165, 1.54) is 11.6 Å². The summed E-state index contributed by atoms with van der Waals surface area (Å²) in [5.41, 5.74) is 2.02. The number of carbonyl (C=O) groups excluding carboxylic acids is 1. The van der Waals surface area contributed by atoms with Gasteiger partial charge < -0.3 is 4.74 Å². The van der Waals surface area contributed by atoms with Crippen molar-refractivity contribution in [1.29, 1.82) is 0 Å². The molecule has 0 aliphatic heterocycles. The summed E-state index contributed by atoms with van der Waals surface area (Å²) >= 11 is 5.86. The monoisotopic (exact) mass is 301 g/mol. The van der Waals surface area contributed by atoms with Crippen molar-refractivity contribution in [3.05, 3.63) is 64.6 Å². The number of fused-ring (bicyclic) bond motifs is 1. The number of pyridine rings is 1. The largest absolute Gasteiger partial charge is 0.464 e. The Morgan fingerprint density at radius 2 is 2.00 bits per heavy atom. The maximum absolute atomic E-state index is 11.7. The Balaban J connectivity index is 1.97. The lowest BCUT2D eigenvalue weighted by molar-refractivity contribution is 0.0591. The molecule has 0 saturated carbocycles. The number of halogens is 1.